The van der Waals surface area contributed by atoms with E-state index in [0.29, 0.717) is 0 Å². The Labute approximate surface area is 111 Å². The fourth-order valence-electron chi connectivity index (χ4n) is 1.32. The second kappa shape index (κ2) is 4.77. The minimum absolute atomic E-state index is 0.0741. The number of rotatable bonds is 1. The molecule has 1 heterocycles. The van der Waals surface area contributed by atoms with Gasteiger partial charge in [-0.25, -0.2) is 8.78 Å². The van der Waals surface area contributed by atoms with Crippen LogP contribution in [0.15, 0.2) is 24.4 Å². The first-order valence-electron chi connectivity index (χ1n) is 4.45. The SMILES string of the molecule is Fc1cnc(-c2cc(Cl)c(Cl)cc2Cl)c(F)c1. The Bertz CT molecular complexity index is 587. The van der Waals surface area contributed by atoms with Crippen LogP contribution >= 0.6 is 34.8 Å². The van der Waals surface area contributed by atoms with E-state index in [0.717, 1.165) is 12.3 Å². The van der Waals surface area contributed by atoms with Crippen LogP contribution in [0.3, 0.4) is 0 Å². The van der Waals surface area contributed by atoms with Gasteiger partial charge in [-0.15, -0.1) is 0 Å². The molecule has 1 aromatic heterocycles. The Morgan fingerprint density at radius 3 is 2.18 bits per heavy atom. The number of hydrogen-bond acceptors (Lipinski definition) is 1. The highest BCUT2D eigenvalue weighted by Crippen LogP contribution is 2.35. The van der Waals surface area contributed by atoms with Gasteiger partial charge in [0.2, 0.25) is 0 Å². The lowest BCUT2D eigenvalue weighted by atomic mass is 10.1. The minimum atomic E-state index is -0.815. The molecule has 0 aliphatic heterocycles. The van der Waals surface area contributed by atoms with Gasteiger partial charge in [0, 0.05) is 11.6 Å². The number of aromatic nitrogens is 1. The Kier molecular flexibility index (Phi) is 3.52. The van der Waals surface area contributed by atoms with Crippen molar-refractivity contribution in [2.75, 3.05) is 0 Å². The molecule has 17 heavy (non-hydrogen) atoms. The van der Waals surface area contributed by atoms with Gasteiger partial charge in [0.05, 0.1) is 21.3 Å². The van der Waals surface area contributed by atoms with Gasteiger partial charge in [-0.2, -0.15) is 0 Å². The molecule has 0 amide bonds. The molecule has 2 aromatic rings. The molecule has 0 fully saturated rings. The normalized spacial score (nSPS) is 10.6. The molecule has 0 atom stereocenters. The van der Waals surface area contributed by atoms with Crippen molar-refractivity contribution >= 4 is 34.8 Å². The molecule has 0 bridgehead atoms. The van der Waals surface area contributed by atoms with Crippen LogP contribution in [0.1, 0.15) is 0 Å². The van der Waals surface area contributed by atoms with E-state index in [-0.39, 0.29) is 26.3 Å². The maximum Gasteiger partial charge on any atom is 0.152 e. The predicted octanol–water partition coefficient (Wildman–Crippen LogP) is 4.99. The first-order valence-corrected chi connectivity index (χ1v) is 5.58. The summed E-state index contributed by atoms with van der Waals surface area (Å²) >= 11 is 17.5. The van der Waals surface area contributed by atoms with Crippen LogP contribution in [0, 0.1) is 11.6 Å². The van der Waals surface area contributed by atoms with Crippen molar-refractivity contribution in [1.82, 2.24) is 4.98 Å². The van der Waals surface area contributed by atoms with Crippen molar-refractivity contribution in [3.63, 3.8) is 0 Å². The maximum atomic E-state index is 13.5. The third-order valence-corrected chi connectivity index (χ3v) is 3.11. The summed E-state index contributed by atoms with van der Waals surface area (Å²) in [5.41, 5.74) is 0.188. The number of nitrogens with zero attached hydrogens (tertiary/aromatic N) is 1. The molecule has 0 aliphatic carbocycles. The molecule has 0 spiro atoms. The van der Waals surface area contributed by atoms with Crippen LogP contribution in [-0.2, 0) is 0 Å². The summed E-state index contributed by atoms with van der Waals surface area (Å²) in [4.78, 5) is 3.64. The summed E-state index contributed by atoms with van der Waals surface area (Å²) in [5, 5.41) is 0.664. The minimum Gasteiger partial charge on any atom is -0.250 e. The van der Waals surface area contributed by atoms with Crippen LogP contribution in [0.5, 0.6) is 0 Å². The summed E-state index contributed by atoms with van der Waals surface area (Å²) in [6.45, 7) is 0. The Balaban J connectivity index is 2.64. The van der Waals surface area contributed by atoms with Crippen molar-refractivity contribution in [1.29, 1.82) is 0 Å². The Morgan fingerprint density at radius 1 is 0.882 bits per heavy atom. The van der Waals surface area contributed by atoms with Crippen molar-refractivity contribution in [2.45, 2.75) is 0 Å². The van der Waals surface area contributed by atoms with Gasteiger partial charge in [-0.1, -0.05) is 34.8 Å². The second-order valence-electron chi connectivity index (χ2n) is 3.23. The van der Waals surface area contributed by atoms with Gasteiger partial charge in [0.1, 0.15) is 11.5 Å². The van der Waals surface area contributed by atoms with Crippen LogP contribution in [0.25, 0.3) is 11.3 Å². The summed E-state index contributed by atoms with van der Waals surface area (Å²) in [6, 6.07) is 3.49. The smallest absolute Gasteiger partial charge is 0.152 e. The van der Waals surface area contributed by atoms with E-state index in [9.17, 15) is 8.78 Å². The van der Waals surface area contributed by atoms with Crippen LogP contribution < -0.4 is 0 Å². The zero-order valence-corrected chi connectivity index (χ0v) is 10.4. The average molecular weight is 295 g/mol. The topological polar surface area (TPSA) is 12.9 Å². The van der Waals surface area contributed by atoms with Crippen molar-refractivity contribution in [3.05, 3.63) is 51.1 Å². The van der Waals surface area contributed by atoms with Gasteiger partial charge in [0.15, 0.2) is 5.82 Å². The third-order valence-electron chi connectivity index (χ3n) is 2.07. The predicted molar refractivity (Wildman–Crippen MR) is 64.6 cm³/mol. The lowest BCUT2D eigenvalue weighted by Gasteiger charge is -2.06. The fourth-order valence-corrected chi connectivity index (χ4v) is 1.95. The van der Waals surface area contributed by atoms with Gasteiger partial charge in [0.25, 0.3) is 0 Å². The molecule has 0 saturated carbocycles. The zero-order valence-electron chi connectivity index (χ0n) is 8.15. The molecule has 88 valence electrons. The average Bonchev–Trinajstić information content (AvgIpc) is 2.24. The van der Waals surface area contributed by atoms with E-state index in [1.54, 1.807) is 0 Å². The highest BCUT2D eigenvalue weighted by Gasteiger charge is 2.14. The van der Waals surface area contributed by atoms with Crippen LogP contribution in [-0.4, -0.2) is 4.98 Å². The number of benzene rings is 1. The maximum absolute atomic E-state index is 13.5. The van der Waals surface area contributed by atoms with E-state index in [4.69, 9.17) is 34.8 Å². The molecular formula is C11H4Cl3F2N. The van der Waals surface area contributed by atoms with Crippen molar-refractivity contribution in [3.8, 4) is 11.3 Å². The highest BCUT2D eigenvalue weighted by atomic mass is 35.5. The summed E-state index contributed by atoms with van der Waals surface area (Å²) in [5.74, 6) is -1.58. The summed E-state index contributed by atoms with van der Waals surface area (Å²) in [7, 11) is 0. The molecule has 2 rings (SSSR count). The van der Waals surface area contributed by atoms with E-state index in [1.807, 2.05) is 0 Å². The third kappa shape index (κ3) is 2.51. The van der Waals surface area contributed by atoms with E-state index in [1.165, 1.54) is 12.1 Å². The fraction of sp³-hybridized carbons (Fsp3) is 0. The first kappa shape index (κ1) is 12.6. The number of halogens is 5. The molecule has 0 aliphatic rings. The van der Waals surface area contributed by atoms with Gasteiger partial charge < -0.3 is 0 Å². The van der Waals surface area contributed by atoms with Gasteiger partial charge >= 0.3 is 0 Å². The lowest BCUT2D eigenvalue weighted by molar-refractivity contribution is 0.576. The summed E-state index contributed by atoms with van der Waals surface area (Å²) < 4.78 is 26.2. The molecule has 0 N–H and O–H groups in total. The second-order valence-corrected chi connectivity index (χ2v) is 4.45. The number of hydrogen-bond donors (Lipinski definition) is 0. The quantitative estimate of drug-likeness (QED) is 0.675. The van der Waals surface area contributed by atoms with Gasteiger partial charge in [-0.3, -0.25) is 4.98 Å². The Morgan fingerprint density at radius 2 is 1.53 bits per heavy atom. The first-order chi connectivity index (χ1) is 7.99. The summed E-state index contributed by atoms with van der Waals surface area (Å²) in [6.07, 6.45) is 0.900. The molecule has 0 saturated heterocycles. The molecule has 1 nitrogen and oxygen atoms in total. The van der Waals surface area contributed by atoms with Crippen molar-refractivity contribution in [2.24, 2.45) is 0 Å². The lowest BCUT2D eigenvalue weighted by Crippen LogP contribution is -1.92. The standard InChI is InChI=1S/C11H4Cl3F2N/c12-7-3-9(14)8(13)2-6(7)11-10(16)1-5(15)4-17-11/h1-4H. The molecule has 0 radical (unpaired) electrons. The Hall–Kier alpha value is -0.900. The monoisotopic (exact) mass is 293 g/mol. The zero-order chi connectivity index (χ0) is 12.6. The van der Waals surface area contributed by atoms with E-state index >= 15 is 0 Å². The molecule has 0 unspecified atom stereocenters. The highest BCUT2D eigenvalue weighted by molar-refractivity contribution is 6.44. The molecule has 6 heteroatoms. The van der Waals surface area contributed by atoms with Crippen molar-refractivity contribution < 1.29 is 8.78 Å². The molecule has 1 aromatic carbocycles. The van der Waals surface area contributed by atoms with E-state index in [2.05, 4.69) is 4.98 Å². The number of pyridine rings is 1. The van der Waals surface area contributed by atoms with Crippen LogP contribution in [0.2, 0.25) is 15.1 Å². The van der Waals surface area contributed by atoms with Gasteiger partial charge in [-0.05, 0) is 12.1 Å². The molecular weight excluding hydrogens is 290 g/mol. The van der Waals surface area contributed by atoms with E-state index < -0.39 is 11.6 Å². The largest absolute Gasteiger partial charge is 0.250 e. The van der Waals surface area contributed by atoms with Crippen LogP contribution in [0.4, 0.5) is 8.78 Å².